The number of unbranched alkanes of at least 4 members (excludes halogenated alkanes) is 1. The van der Waals surface area contributed by atoms with Crippen LogP contribution in [-0.4, -0.2) is 17.6 Å². The first kappa shape index (κ1) is 15.4. The second-order valence-electron chi connectivity index (χ2n) is 4.79. The minimum atomic E-state index is -0.686. The standard InChI is InChI=1S/C13H27NO2/c1-3-5-8-13(7-4-2,10-11-14)9-6-12(15)16/h3-11,14H2,1-2H3,(H,15,16). The van der Waals surface area contributed by atoms with Gasteiger partial charge in [0.1, 0.15) is 0 Å². The molecule has 96 valence electrons. The molecular formula is C13H27NO2. The average molecular weight is 229 g/mol. The third-order valence-electron chi connectivity index (χ3n) is 3.38. The molecule has 0 amide bonds. The van der Waals surface area contributed by atoms with E-state index in [0.29, 0.717) is 6.54 Å². The molecule has 0 heterocycles. The van der Waals surface area contributed by atoms with E-state index in [-0.39, 0.29) is 11.8 Å². The Bertz CT molecular complexity index is 186. The highest BCUT2D eigenvalue weighted by molar-refractivity contribution is 5.66. The summed E-state index contributed by atoms with van der Waals surface area (Å²) in [6, 6.07) is 0. The van der Waals surface area contributed by atoms with Crippen LogP contribution in [0.1, 0.15) is 65.2 Å². The second-order valence-corrected chi connectivity index (χ2v) is 4.79. The Morgan fingerprint density at radius 2 is 1.81 bits per heavy atom. The van der Waals surface area contributed by atoms with Crippen molar-refractivity contribution in [1.29, 1.82) is 0 Å². The molecule has 0 radical (unpaired) electrons. The number of carboxylic acid groups (broad SMARTS) is 1. The highest BCUT2D eigenvalue weighted by Crippen LogP contribution is 2.38. The lowest BCUT2D eigenvalue weighted by Crippen LogP contribution is -2.25. The summed E-state index contributed by atoms with van der Waals surface area (Å²) in [4.78, 5) is 10.7. The van der Waals surface area contributed by atoms with E-state index in [1.165, 1.54) is 12.8 Å². The molecule has 1 atom stereocenters. The predicted molar refractivity (Wildman–Crippen MR) is 67.4 cm³/mol. The van der Waals surface area contributed by atoms with Gasteiger partial charge in [-0.2, -0.15) is 0 Å². The fourth-order valence-corrected chi connectivity index (χ4v) is 2.51. The summed E-state index contributed by atoms with van der Waals surface area (Å²) in [7, 11) is 0. The molecule has 0 rings (SSSR count). The van der Waals surface area contributed by atoms with Crippen molar-refractivity contribution in [3.63, 3.8) is 0 Å². The summed E-state index contributed by atoms with van der Waals surface area (Å²) < 4.78 is 0. The molecule has 0 fully saturated rings. The van der Waals surface area contributed by atoms with Gasteiger partial charge in [0.15, 0.2) is 0 Å². The lowest BCUT2D eigenvalue weighted by molar-refractivity contribution is -0.137. The molecule has 3 nitrogen and oxygen atoms in total. The predicted octanol–water partition coefficient (Wildman–Crippen LogP) is 3.18. The van der Waals surface area contributed by atoms with E-state index >= 15 is 0 Å². The first-order valence-electron chi connectivity index (χ1n) is 6.52. The van der Waals surface area contributed by atoms with Gasteiger partial charge in [0.2, 0.25) is 0 Å². The molecule has 16 heavy (non-hydrogen) atoms. The quantitative estimate of drug-likeness (QED) is 0.604. The molecule has 0 aliphatic rings. The summed E-state index contributed by atoms with van der Waals surface area (Å²) in [6.07, 6.45) is 7.73. The number of nitrogens with two attached hydrogens (primary N) is 1. The van der Waals surface area contributed by atoms with Crippen molar-refractivity contribution in [2.75, 3.05) is 6.54 Å². The van der Waals surface area contributed by atoms with Crippen molar-refractivity contribution in [3.8, 4) is 0 Å². The molecule has 0 aliphatic heterocycles. The van der Waals surface area contributed by atoms with Gasteiger partial charge in [0.25, 0.3) is 0 Å². The van der Waals surface area contributed by atoms with Gasteiger partial charge in [-0.1, -0.05) is 33.1 Å². The number of rotatable bonds is 10. The van der Waals surface area contributed by atoms with Crippen LogP contribution in [0.2, 0.25) is 0 Å². The van der Waals surface area contributed by atoms with Crippen LogP contribution >= 0.6 is 0 Å². The van der Waals surface area contributed by atoms with Crippen LogP contribution in [0.25, 0.3) is 0 Å². The maximum Gasteiger partial charge on any atom is 0.303 e. The Kier molecular flexibility index (Phi) is 8.26. The third kappa shape index (κ3) is 6.11. The molecule has 0 spiro atoms. The van der Waals surface area contributed by atoms with E-state index in [1.54, 1.807) is 0 Å². The van der Waals surface area contributed by atoms with E-state index in [4.69, 9.17) is 10.8 Å². The van der Waals surface area contributed by atoms with Crippen LogP contribution in [0.3, 0.4) is 0 Å². The van der Waals surface area contributed by atoms with Crippen molar-refractivity contribution >= 4 is 5.97 Å². The smallest absolute Gasteiger partial charge is 0.303 e. The van der Waals surface area contributed by atoms with Crippen LogP contribution in [0, 0.1) is 5.41 Å². The largest absolute Gasteiger partial charge is 0.481 e. The SMILES string of the molecule is CCCCC(CCC)(CCN)CCC(=O)O. The van der Waals surface area contributed by atoms with Crippen molar-refractivity contribution in [2.45, 2.75) is 65.2 Å². The number of carbonyl (C=O) groups is 1. The first-order chi connectivity index (χ1) is 7.60. The fourth-order valence-electron chi connectivity index (χ4n) is 2.51. The van der Waals surface area contributed by atoms with Gasteiger partial charge in [0, 0.05) is 6.42 Å². The summed E-state index contributed by atoms with van der Waals surface area (Å²) in [5, 5.41) is 8.81. The lowest BCUT2D eigenvalue weighted by Gasteiger charge is -2.33. The van der Waals surface area contributed by atoms with Gasteiger partial charge in [-0.3, -0.25) is 4.79 Å². The van der Waals surface area contributed by atoms with Crippen LogP contribution in [0.5, 0.6) is 0 Å². The summed E-state index contributed by atoms with van der Waals surface area (Å²) in [5.74, 6) is -0.686. The maximum atomic E-state index is 10.7. The van der Waals surface area contributed by atoms with Gasteiger partial charge >= 0.3 is 5.97 Å². The van der Waals surface area contributed by atoms with E-state index < -0.39 is 5.97 Å². The Morgan fingerprint density at radius 1 is 1.12 bits per heavy atom. The number of aliphatic carboxylic acids is 1. The zero-order chi connectivity index (χ0) is 12.4. The number of hydrogen-bond acceptors (Lipinski definition) is 2. The zero-order valence-corrected chi connectivity index (χ0v) is 10.8. The minimum Gasteiger partial charge on any atom is -0.481 e. The summed E-state index contributed by atoms with van der Waals surface area (Å²) in [6.45, 7) is 5.01. The molecule has 3 heteroatoms. The van der Waals surface area contributed by atoms with E-state index in [2.05, 4.69) is 13.8 Å². The van der Waals surface area contributed by atoms with Gasteiger partial charge in [-0.25, -0.2) is 0 Å². The normalized spacial score (nSPS) is 14.7. The lowest BCUT2D eigenvalue weighted by atomic mass is 9.72. The van der Waals surface area contributed by atoms with Gasteiger partial charge in [0.05, 0.1) is 0 Å². The molecule has 3 N–H and O–H groups in total. The fraction of sp³-hybridized carbons (Fsp3) is 0.923. The van der Waals surface area contributed by atoms with E-state index in [0.717, 1.165) is 32.1 Å². The Hall–Kier alpha value is -0.570. The highest BCUT2D eigenvalue weighted by Gasteiger charge is 2.28. The van der Waals surface area contributed by atoms with Crippen LogP contribution in [-0.2, 0) is 4.79 Å². The molecule has 0 bridgehead atoms. The molecular weight excluding hydrogens is 202 g/mol. The van der Waals surface area contributed by atoms with Crippen molar-refractivity contribution in [2.24, 2.45) is 11.1 Å². The van der Waals surface area contributed by atoms with Gasteiger partial charge < -0.3 is 10.8 Å². The molecule has 1 unspecified atom stereocenters. The van der Waals surface area contributed by atoms with Crippen molar-refractivity contribution < 1.29 is 9.90 Å². The monoisotopic (exact) mass is 229 g/mol. The zero-order valence-electron chi connectivity index (χ0n) is 10.8. The van der Waals surface area contributed by atoms with Gasteiger partial charge in [-0.15, -0.1) is 0 Å². The van der Waals surface area contributed by atoms with E-state index in [1.807, 2.05) is 0 Å². The Labute approximate surface area is 99.4 Å². The topological polar surface area (TPSA) is 63.3 Å². The molecule has 0 saturated heterocycles. The van der Waals surface area contributed by atoms with Crippen molar-refractivity contribution in [1.82, 2.24) is 0 Å². The maximum absolute atomic E-state index is 10.7. The highest BCUT2D eigenvalue weighted by atomic mass is 16.4. The van der Waals surface area contributed by atoms with Crippen LogP contribution in [0.15, 0.2) is 0 Å². The second kappa shape index (κ2) is 8.57. The molecule has 0 aliphatic carbocycles. The van der Waals surface area contributed by atoms with Crippen LogP contribution < -0.4 is 5.73 Å². The minimum absolute atomic E-state index is 0.178. The summed E-state index contributed by atoms with van der Waals surface area (Å²) in [5.41, 5.74) is 5.85. The molecule has 0 aromatic rings. The summed E-state index contributed by atoms with van der Waals surface area (Å²) >= 11 is 0. The average Bonchev–Trinajstić information content (AvgIpc) is 2.24. The van der Waals surface area contributed by atoms with Crippen LogP contribution in [0.4, 0.5) is 0 Å². The number of carboxylic acids is 1. The van der Waals surface area contributed by atoms with Crippen molar-refractivity contribution in [3.05, 3.63) is 0 Å². The van der Waals surface area contributed by atoms with Gasteiger partial charge in [-0.05, 0) is 37.6 Å². The Morgan fingerprint density at radius 3 is 2.25 bits per heavy atom. The molecule has 0 aromatic carbocycles. The Balaban J connectivity index is 4.42. The van der Waals surface area contributed by atoms with E-state index in [9.17, 15) is 4.79 Å². The number of hydrogen-bond donors (Lipinski definition) is 2. The first-order valence-corrected chi connectivity index (χ1v) is 6.52. The molecule has 0 saturated carbocycles. The third-order valence-corrected chi connectivity index (χ3v) is 3.38. The molecule has 0 aromatic heterocycles.